The predicted octanol–water partition coefficient (Wildman–Crippen LogP) is 5.25. The Morgan fingerprint density at radius 1 is 1.12 bits per heavy atom. The summed E-state index contributed by atoms with van der Waals surface area (Å²) in [5.74, 6) is 0.674. The van der Waals surface area contributed by atoms with Gasteiger partial charge >= 0.3 is 6.09 Å². The van der Waals surface area contributed by atoms with Gasteiger partial charge in [-0.3, -0.25) is 4.79 Å². The summed E-state index contributed by atoms with van der Waals surface area (Å²) < 4.78 is 12.2. The zero-order valence-corrected chi connectivity index (χ0v) is 21.1. The molecule has 0 atom stereocenters. The Morgan fingerprint density at radius 2 is 1.84 bits per heavy atom. The van der Waals surface area contributed by atoms with E-state index in [0.717, 1.165) is 26.0 Å². The number of benzene rings is 2. The van der Waals surface area contributed by atoms with Gasteiger partial charge in [-0.1, -0.05) is 30.3 Å². The molecule has 0 bridgehead atoms. The Kier molecular flexibility index (Phi) is 7.82. The molecule has 1 aliphatic rings. The van der Waals surface area contributed by atoms with E-state index < -0.39 is 5.60 Å². The fourth-order valence-electron chi connectivity index (χ4n) is 3.46. The van der Waals surface area contributed by atoms with E-state index in [0.29, 0.717) is 31.6 Å². The normalized spacial score (nSPS) is 13.9. The first-order valence-corrected chi connectivity index (χ1v) is 11.6. The summed E-state index contributed by atoms with van der Waals surface area (Å²) in [6, 6.07) is 13.1. The van der Waals surface area contributed by atoms with Gasteiger partial charge in [0.05, 0.1) is 7.11 Å². The number of nitrogens with one attached hydrogen (secondary N) is 1. The van der Waals surface area contributed by atoms with Gasteiger partial charge in [0.15, 0.2) is 0 Å². The highest BCUT2D eigenvalue weighted by Gasteiger charge is 2.26. The average molecular weight is 548 g/mol. The molecule has 0 unspecified atom stereocenters. The van der Waals surface area contributed by atoms with Crippen LogP contribution in [-0.2, 0) is 11.3 Å². The van der Waals surface area contributed by atoms with Crippen molar-refractivity contribution in [1.29, 1.82) is 0 Å². The lowest BCUT2D eigenvalue weighted by atomic mass is 9.96. The number of hydrogen-bond acceptors (Lipinski definition) is 4. The largest absolute Gasteiger partial charge is 0.496 e. The molecule has 2 aromatic rings. The van der Waals surface area contributed by atoms with Crippen molar-refractivity contribution in [2.24, 2.45) is 0 Å². The lowest BCUT2D eigenvalue weighted by Gasteiger charge is -2.30. The topological polar surface area (TPSA) is 67.9 Å². The van der Waals surface area contributed by atoms with Crippen molar-refractivity contribution in [2.45, 2.75) is 39.3 Å². The van der Waals surface area contributed by atoms with Gasteiger partial charge in [-0.25, -0.2) is 4.79 Å². The van der Waals surface area contributed by atoms with Crippen molar-refractivity contribution < 1.29 is 19.1 Å². The molecule has 2 amide bonds. The van der Waals surface area contributed by atoms with E-state index in [-0.39, 0.29) is 12.0 Å². The highest BCUT2D eigenvalue weighted by Crippen LogP contribution is 2.36. The van der Waals surface area contributed by atoms with Crippen LogP contribution in [0.1, 0.15) is 48.7 Å². The van der Waals surface area contributed by atoms with Gasteiger partial charge < -0.3 is 19.7 Å². The van der Waals surface area contributed by atoms with E-state index >= 15 is 0 Å². The van der Waals surface area contributed by atoms with Crippen molar-refractivity contribution in [3.05, 3.63) is 68.8 Å². The molecule has 0 saturated carbocycles. The Morgan fingerprint density at radius 3 is 2.44 bits per heavy atom. The van der Waals surface area contributed by atoms with Crippen molar-refractivity contribution >= 4 is 40.2 Å². The summed E-state index contributed by atoms with van der Waals surface area (Å²) in [6.45, 7) is 7.08. The number of hydrogen-bond donors (Lipinski definition) is 1. The number of halogens is 1. The van der Waals surface area contributed by atoms with Gasteiger partial charge in [0.1, 0.15) is 11.4 Å². The maximum atomic E-state index is 12.4. The van der Waals surface area contributed by atoms with Crippen molar-refractivity contribution in [3.8, 4) is 5.75 Å². The number of carbonyl (C=O) groups excluding carboxylic acids is 2. The van der Waals surface area contributed by atoms with E-state index in [1.54, 1.807) is 24.1 Å². The lowest BCUT2D eigenvalue weighted by Crippen LogP contribution is -2.39. The third kappa shape index (κ3) is 6.03. The molecule has 1 N–H and O–H groups in total. The quantitative estimate of drug-likeness (QED) is 0.519. The first kappa shape index (κ1) is 24.1. The van der Waals surface area contributed by atoms with E-state index in [2.05, 4.69) is 34.0 Å². The van der Waals surface area contributed by atoms with E-state index in [4.69, 9.17) is 9.47 Å². The maximum absolute atomic E-state index is 12.4. The fourth-order valence-corrected chi connectivity index (χ4v) is 4.45. The number of ether oxygens (including phenoxy) is 2. The fraction of sp³-hybridized carbons (Fsp3) is 0.360. The second-order valence-corrected chi connectivity index (χ2v) is 9.65. The third-order valence-electron chi connectivity index (χ3n) is 5.06. The Labute approximate surface area is 203 Å². The molecular weight excluding hydrogens is 519 g/mol. The summed E-state index contributed by atoms with van der Waals surface area (Å²) in [6.07, 6.45) is 2.46. The minimum Gasteiger partial charge on any atom is -0.496 e. The highest BCUT2D eigenvalue weighted by atomic mass is 127. The molecule has 32 heavy (non-hydrogen) atoms. The van der Waals surface area contributed by atoms with Crippen molar-refractivity contribution in [2.75, 3.05) is 20.2 Å². The molecule has 6 nitrogen and oxygen atoms in total. The van der Waals surface area contributed by atoms with Crippen LogP contribution in [-0.4, -0.2) is 42.7 Å². The molecular formula is C25H29IN2O4. The molecule has 0 fully saturated rings. The van der Waals surface area contributed by atoms with Crippen molar-refractivity contribution in [1.82, 2.24) is 10.2 Å². The van der Waals surface area contributed by atoms with Crippen LogP contribution in [0.15, 0.2) is 48.5 Å². The number of amides is 2. The standard InChI is InChI=1S/C25H29IN2O4/c1-25(2,3)32-24(30)28-14-12-17(13-15-28)21-20(31-4)11-10-19(22(21)26)16-27-23(29)18-8-6-5-7-9-18/h5-12H,13-16H2,1-4H3,(H,27,29). The zero-order chi connectivity index (χ0) is 23.3. The number of nitrogens with zero attached hydrogens (tertiary/aromatic N) is 1. The molecule has 7 heteroatoms. The van der Waals surface area contributed by atoms with Crippen LogP contribution in [0.2, 0.25) is 0 Å². The molecule has 3 rings (SSSR count). The Hall–Kier alpha value is -2.55. The first-order chi connectivity index (χ1) is 15.2. The molecule has 2 aromatic carbocycles. The van der Waals surface area contributed by atoms with Crippen LogP contribution < -0.4 is 10.1 Å². The third-order valence-corrected chi connectivity index (χ3v) is 6.29. The number of methoxy groups -OCH3 is 1. The Balaban J connectivity index is 1.76. The van der Waals surface area contributed by atoms with Gasteiger partial charge in [-0.2, -0.15) is 0 Å². The number of carbonyl (C=O) groups is 2. The van der Waals surface area contributed by atoms with Crippen molar-refractivity contribution in [3.63, 3.8) is 0 Å². The molecule has 0 spiro atoms. The van der Waals surface area contributed by atoms with Crippen LogP contribution in [0.4, 0.5) is 4.79 Å². The molecule has 170 valence electrons. The molecule has 0 aliphatic carbocycles. The SMILES string of the molecule is COc1ccc(CNC(=O)c2ccccc2)c(I)c1C1=CCN(C(=O)OC(C)(C)C)CC1. The minimum atomic E-state index is -0.516. The number of rotatable bonds is 5. The summed E-state index contributed by atoms with van der Waals surface area (Å²) >= 11 is 2.31. The average Bonchev–Trinajstić information content (AvgIpc) is 2.77. The Bertz CT molecular complexity index is 1010. The van der Waals surface area contributed by atoms with E-state index in [1.165, 1.54) is 0 Å². The maximum Gasteiger partial charge on any atom is 0.410 e. The van der Waals surface area contributed by atoms with Crippen LogP contribution in [0.5, 0.6) is 5.75 Å². The highest BCUT2D eigenvalue weighted by molar-refractivity contribution is 14.1. The van der Waals surface area contributed by atoms with Gasteiger partial charge in [0, 0.05) is 34.3 Å². The van der Waals surface area contributed by atoms with E-state index in [1.807, 2.05) is 51.1 Å². The summed E-state index contributed by atoms with van der Waals surface area (Å²) in [7, 11) is 1.65. The first-order valence-electron chi connectivity index (χ1n) is 10.6. The van der Waals surface area contributed by atoms with E-state index in [9.17, 15) is 9.59 Å². The van der Waals surface area contributed by atoms with Crippen LogP contribution >= 0.6 is 22.6 Å². The van der Waals surface area contributed by atoms with Crippen LogP contribution in [0.25, 0.3) is 5.57 Å². The summed E-state index contributed by atoms with van der Waals surface area (Å²) in [5, 5.41) is 2.99. The van der Waals surface area contributed by atoms with Gasteiger partial charge in [0.25, 0.3) is 5.91 Å². The molecule has 0 radical (unpaired) electrons. The molecule has 1 aliphatic heterocycles. The monoisotopic (exact) mass is 548 g/mol. The molecule has 0 aromatic heterocycles. The van der Waals surface area contributed by atoms with Gasteiger partial charge in [0.2, 0.25) is 0 Å². The van der Waals surface area contributed by atoms with Gasteiger partial charge in [-0.05, 0) is 79.1 Å². The lowest BCUT2D eigenvalue weighted by molar-refractivity contribution is 0.0270. The second kappa shape index (κ2) is 10.4. The zero-order valence-electron chi connectivity index (χ0n) is 18.9. The predicted molar refractivity (Wildman–Crippen MR) is 134 cm³/mol. The van der Waals surface area contributed by atoms with Crippen LogP contribution in [0, 0.1) is 3.57 Å². The van der Waals surface area contributed by atoms with Gasteiger partial charge in [-0.15, -0.1) is 0 Å². The van der Waals surface area contributed by atoms with Crippen LogP contribution in [0.3, 0.4) is 0 Å². The molecule has 0 saturated heterocycles. The second-order valence-electron chi connectivity index (χ2n) is 8.57. The molecule has 1 heterocycles. The smallest absolute Gasteiger partial charge is 0.410 e. The minimum absolute atomic E-state index is 0.108. The summed E-state index contributed by atoms with van der Waals surface area (Å²) in [4.78, 5) is 26.5. The summed E-state index contributed by atoms with van der Waals surface area (Å²) in [5.41, 5.74) is 3.28.